The van der Waals surface area contributed by atoms with Crippen molar-refractivity contribution in [1.29, 1.82) is 0 Å². The van der Waals surface area contributed by atoms with Gasteiger partial charge in [0.1, 0.15) is 8.96 Å². The van der Waals surface area contributed by atoms with Crippen molar-refractivity contribution in [3.05, 3.63) is 0 Å². The molecule has 1 nitrogen and oxygen atoms in total. The van der Waals surface area contributed by atoms with Gasteiger partial charge in [0, 0.05) is 8.80 Å². The van der Waals surface area contributed by atoms with E-state index in [2.05, 4.69) is 65.7 Å². The van der Waals surface area contributed by atoms with Gasteiger partial charge in [0.05, 0.1) is 0 Å². The zero-order valence-corrected chi connectivity index (χ0v) is 14.1. The van der Waals surface area contributed by atoms with E-state index >= 15 is 0 Å². The maximum atomic E-state index is 2.75. The van der Waals surface area contributed by atoms with Gasteiger partial charge in [0.15, 0.2) is 0 Å². The quantitative estimate of drug-likeness (QED) is 0.664. The highest BCUT2D eigenvalue weighted by atomic mass is 28.3. The molecule has 0 bridgehead atoms. The summed E-state index contributed by atoms with van der Waals surface area (Å²) in [6, 6.07) is 1.37. The molecule has 0 N–H and O–H groups in total. The largest absolute Gasteiger partial charge is 0.320 e. The Morgan fingerprint density at radius 3 is 1.40 bits per heavy atom. The molecule has 3 heteroatoms. The lowest BCUT2D eigenvalue weighted by Gasteiger charge is -2.45. The Bertz CT molecular complexity index is 180. The Hall–Kier alpha value is 0.394. The van der Waals surface area contributed by atoms with E-state index in [0.29, 0.717) is 16.7 Å². The molecule has 0 spiro atoms. The van der Waals surface area contributed by atoms with Gasteiger partial charge in [-0.25, -0.2) is 0 Å². The Kier molecular flexibility index (Phi) is 5.79. The lowest BCUT2D eigenvalue weighted by molar-refractivity contribution is 0.297. The highest BCUT2D eigenvalue weighted by Gasteiger charge is 2.37. The van der Waals surface area contributed by atoms with E-state index in [4.69, 9.17) is 0 Å². The van der Waals surface area contributed by atoms with Gasteiger partial charge in [-0.05, 0) is 16.7 Å². The molecule has 0 aromatic carbocycles. The fourth-order valence-corrected chi connectivity index (χ4v) is 7.53. The van der Waals surface area contributed by atoms with Gasteiger partial charge >= 0.3 is 0 Å². The number of hydrogen-bond acceptors (Lipinski definition) is 1. The number of rotatable bonds is 5. The molecule has 0 aromatic rings. The Balaban J connectivity index is 4.86. The first kappa shape index (κ1) is 15.4. The summed E-state index contributed by atoms with van der Waals surface area (Å²) >= 11 is 0. The zero-order valence-electron chi connectivity index (χ0n) is 12.1. The van der Waals surface area contributed by atoms with E-state index < -0.39 is 8.96 Å². The second-order valence-electron chi connectivity index (χ2n) is 5.81. The molecule has 0 heterocycles. The molecular formula is C12H29NSi2. The molecule has 0 amide bonds. The van der Waals surface area contributed by atoms with Gasteiger partial charge in [0.25, 0.3) is 0 Å². The van der Waals surface area contributed by atoms with Gasteiger partial charge in [-0.1, -0.05) is 61.2 Å². The van der Waals surface area contributed by atoms with Crippen LogP contribution in [-0.2, 0) is 0 Å². The smallest absolute Gasteiger partial charge is 0.136 e. The van der Waals surface area contributed by atoms with Crippen molar-refractivity contribution in [2.24, 2.45) is 0 Å². The topological polar surface area (TPSA) is 3.24 Å². The Labute approximate surface area is 101 Å². The maximum absolute atomic E-state index is 2.75. The average molecular weight is 244 g/mol. The van der Waals surface area contributed by atoms with Crippen molar-refractivity contribution in [3.63, 3.8) is 0 Å². The molecule has 0 aliphatic carbocycles. The van der Waals surface area contributed by atoms with Crippen LogP contribution in [0.3, 0.4) is 0 Å². The zero-order chi connectivity index (χ0) is 12.4. The van der Waals surface area contributed by atoms with Crippen molar-refractivity contribution in [1.82, 2.24) is 4.57 Å². The SMILES string of the molecule is CC(C)N(C(C)C)[Si](C)C(C)(C)[Si](C)C. The summed E-state index contributed by atoms with van der Waals surface area (Å²) in [5, 5.41) is 0. The molecule has 0 aliphatic heterocycles. The Morgan fingerprint density at radius 2 is 1.20 bits per heavy atom. The van der Waals surface area contributed by atoms with Crippen LogP contribution in [0, 0.1) is 0 Å². The van der Waals surface area contributed by atoms with Gasteiger partial charge in [-0.2, -0.15) is 0 Å². The molecule has 0 saturated carbocycles. The third kappa shape index (κ3) is 3.72. The minimum atomic E-state index is -0.424. The van der Waals surface area contributed by atoms with Gasteiger partial charge in [-0.15, -0.1) is 0 Å². The third-order valence-electron chi connectivity index (χ3n) is 3.65. The fraction of sp³-hybridized carbons (Fsp3) is 1.00. The highest BCUT2D eigenvalue weighted by Crippen LogP contribution is 2.34. The van der Waals surface area contributed by atoms with Crippen LogP contribution in [0.15, 0.2) is 0 Å². The van der Waals surface area contributed by atoms with E-state index in [-0.39, 0.29) is 8.80 Å². The van der Waals surface area contributed by atoms with Crippen LogP contribution in [0.25, 0.3) is 0 Å². The molecule has 0 atom stereocenters. The summed E-state index contributed by atoms with van der Waals surface area (Å²) in [5.74, 6) is 0. The van der Waals surface area contributed by atoms with Crippen LogP contribution in [0.2, 0.25) is 24.3 Å². The lowest BCUT2D eigenvalue weighted by Crippen LogP contribution is -2.54. The van der Waals surface area contributed by atoms with E-state index in [1.54, 1.807) is 0 Å². The van der Waals surface area contributed by atoms with E-state index in [1.807, 2.05) is 0 Å². The first-order chi connectivity index (χ1) is 6.62. The first-order valence-corrected chi connectivity index (χ1v) is 10.5. The molecular weight excluding hydrogens is 214 g/mol. The summed E-state index contributed by atoms with van der Waals surface area (Å²) in [5.41, 5.74) is 0. The van der Waals surface area contributed by atoms with Crippen LogP contribution in [0.5, 0.6) is 0 Å². The van der Waals surface area contributed by atoms with E-state index in [9.17, 15) is 0 Å². The fourth-order valence-electron chi connectivity index (χ4n) is 2.06. The van der Waals surface area contributed by atoms with Crippen LogP contribution in [0.1, 0.15) is 41.5 Å². The molecule has 0 unspecified atom stereocenters. The van der Waals surface area contributed by atoms with Crippen molar-refractivity contribution in [2.75, 3.05) is 0 Å². The van der Waals surface area contributed by atoms with Gasteiger partial charge < -0.3 is 4.57 Å². The minimum Gasteiger partial charge on any atom is -0.320 e. The van der Waals surface area contributed by atoms with Crippen LogP contribution >= 0.6 is 0 Å². The van der Waals surface area contributed by atoms with E-state index in [0.717, 1.165) is 0 Å². The molecule has 0 aliphatic rings. The second kappa shape index (κ2) is 5.64. The molecule has 90 valence electrons. The van der Waals surface area contributed by atoms with E-state index in [1.165, 1.54) is 0 Å². The summed E-state index contributed by atoms with van der Waals surface area (Å²) in [7, 11) is -0.641. The molecule has 15 heavy (non-hydrogen) atoms. The number of nitrogens with zero attached hydrogens (tertiary/aromatic N) is 1. The summed E-state index contributed by atoms with van der Waals surface area (Å²) in [6.07, 6.45) is 0. The number of hydrogen-bond donors (Lipinski definition) is 0. The van der Waals surface area contributed by atoms with Crippen molar-refractivity contribution >= 4 is 17.8 Å². The molecule has 0 saturated heterocycles. The normalized spacial score (nSPS) is 14.0. The van der Waals surface area contributed by atoms with Crippen molar-refractivity contribution < 1.29 is 0 Å². The predicted molar refractivity (Wildman–Crippen MR) is 75.3 cm³/mol. The molecule has 0 aromatic heterocycles. The average Bonchev–Trinajstić information content (AvgIpc) is 2.01. The van der Waals surface area contributed by atoms with Crippen LogP contribution < -0.4 is 0 Å². The maximum Gasteiger partial charge on any atom is 0.136 e. The second-order valence-corrected chi connectivity index (χ2v) is 12.5. The molecule has 0 fully saturated rings. The third-order valence-corrected chi connectivity index (χ3v) is 12.4. The van der Waals surface area contributed by atoms with Crippen molar-refractivity contribution in [2.45, 2.75) is 77.9 Å². The van der Waals surface area contributed by atoms with Crippen LogP contribution in [0.4, 0.5) is 0 Å². The molecule has 2 radical (unpaired) electrons. The summed E-state index contributed by atoms with van der Waals surface area (Å²) in [6.45, 7) is 21.7. The first-order valence-electron chi connectivity index (χ1n) is 6.05. The van der Waals surface area contributed by atoms with Crippen LogP contribution in [-0.4, -0.2) is 34.4 Å². The lowest BCUT2D eigenvalue weighted by atomic mass is 10.3. The highest BCUT2D eigenvalue weighted by molar-refractivity contribution is 6.79. The summed E-state index contributed by atoms with van der Waals surface area (Å²) in [4.78, 5) is 0. The monoisotopic (exact) mass is 243 g/mol. The molecule has 0 rings (SSSR count). The van der Waals surface area contributed by atoms with Crippen molar-refractivity contribution in [3.8, 4) is 0 Å². The van der Waals surface area contributed by atoms with Gasteiger partial charge in [0.2, 0.25) is 0 Å². The minimum absolute atomic E-state index is 0.217. The standard InChI is InChI=1S/C12H29NSi2/c1-10(2)13(11(3)4)15(9)12(5,6)14(7)8/h10-11H,1-9H3. The van der Waals surface area contributed by atoms with Gasteiger partial charge in [-0.3, -0.25) is 0 Å². The Morgan fingerprint density at radius 1 is 0.867 bits per heavy atom. The summed E-state index contributed by atoms with van der Waals surface area (Å²) < 4.78 is 3.33. The predicted octanol–water partition coefficient (Wildman–Crippen LogP) is 3.80.